The van der Waals surface area contributed by atoms with Crippen molar-refractivity contribution in [1.82, 2.24) is 10.2 Å². The van der Waals surface area contributed by atoms with Gasteiger partial charge in [-0.05, 0) is 90.6 Å². The third-order valence-electron chi connectivity index (χ3n) is 8.64. The standard InChI is InChI=1S/C29H40N2O4.ClH.H2O/c1-6-18-17-31-10-8-20-14-27(33-3)29(35-5)16-23(20)25(31)12-21(18)11-24-22-15-28(34-4)26(32-2)13-19(22)7-9-30-24;;/h13-16,18,21,24-25,30H,6-12,17H2,1-5H3;1H;1H2/p-1/t18-,21-,24+,25?;;/m0../s1. The van der Waals surface area contributed by atoms with E-state index in [1.165, 1.54) is 41.6 Å². The second-order valence-corrected chi connectivity index (χ2v) is 10.2. The Labute approximate surface area is 227 Å². The fraction of sp³-hybridized carbons (Fsp3) is 0.586. The maximum atomic E-state index is 5.68. The first-order valence-electron chi connectivity index (χ1n) is 13.1. The van der Waals surface area contributed by atoms with Crippen LogP contribution in [0, 0.1) is 11.8 Å². The molecule has 4 atom stereocenters. The van der Waals surface area contributed by atoms with Crippen LogP contribution in [0.1, 0.15) is 60.5 Å². The Morgan fingerprint density at radius 3 is 1.97 bits per heavy atom. The van der Waals surface area contributed by atoms with Gasteiger partial charge in [-0.1, -0.05) is 13.3 Å². The van der Waals surface area contributed by atoms with Crippen molar-refractivity contribution in [2.75, 3.05) is 48.1 Å². The summed E-state index contributed by atoms with van der Waals surface area (Å²) < 4.78 is 22.5. The van der Waals surface area contributed by atoms with Crippen LogP contribution in [0.3, 0.4) is 0 Å². The maximum absolute atomic E-state index is 5.68. The van der Waals surface area contributed by atoms with Gasteiger partial charge < -0.3 is 42.1 Å². The second-order valence-electron chi connectivity index (χ2n) is 10.2. The van der Waals surface area contributed by atoms with Gasteiger partial charge in [0, 0.05) is 25.2 Å². The molecule has 0 spiro atoms. The highest BCUT2D eigenvalue weighted by molar-refractivity contribution is 5.50. The number of nitrogens with zero attached hydrogens (tertiary/aromatic N) is 1. The molecule has 2 aromatic rings. The van der Waals surface area contributed by atoms with Gasteiger partial charge in [0.15, 0.2) is 23.0 Å². The molecule has 37 heavy (non-hydrogen) atoms. The lowest BCUT2D eigenvalue weighted by Crippen LogP contribution is -3.00. The average molecular weight is 534 g/mol. The lowest BCUT2D eigenvalue weighted by molar-refractivity contribution is -0.00000972. The van der Waals surface area contributed by atoms with Gasteiger partial charge in [0.25, 0.3) is 0 Å². The van der Waals surface area contributed by atoms with E-state index >= 15 is 0 Å². The molecule has 3 heterocycles. The number of rotatable bonds is 7. The van der Waals surface area contributed by atoms with Crippen molar-refractivity contribution < 1.29 is 36.8 Å². The van der Waals surface area contributed by atoms with Crippen LogP contribution in [-0.2, 0) is 12.8 Å². The molecule has 1 unspecified atom stereocenters. The maximum Gasteiger partial charge on any atom is 0.161 e. The van der Waals surface area contributed by atoms with Crippen LogP contribution in [0.25, 0.3) is 0 Å². The molecule has 0 aliphatic carbocycles. The minimum absolute atomic E-state index is 0. The summed E-state index contributed by atoms with van der Waals surface area (Å²) in [5.74, 6) is 4.69. The van der Waals surface area contributed by atoms with Gasteiger partial charge in [-0.3, -0.25) is 4.90 Å². The van der Waals surface area contributed by atoms with E-state index < -0.39 is 0 Å². The molecular weight excluding hydrogens is 492 g/mol. The van der Waals surface area contributed by atoms with Gasteiger partial charge in [-0.2, -0.15) is 0 Å². The van der Waals surface area contributed by atoms with E-state index in [0.29, 0.717) is 23.9 Å². The summed E-state index contributed by atoms with van der Waals surface area (Å²) in [6, 6.07) is 9.61. The molecule has 7 nitrogen and oxygen atoms in total. The third-order valence-corrected chi connectivity index (χ3v) is 8.64. The van der Waals surface area contributed by atoms with Crippen LogP contribution < -0.4 is 36.7 Å². The molecule has 0 bridgehead atoms. The fourth-order valence-corrected chi connectivity index (χ4v) is 6.74. The molecular formula is C29H42ClN2O5-. The van der Waals surface area contributed by atoms with Crippen LogP contribution >= 0.6 is 0 Å². The zero-order valence-electron chi connectivity index (χ0n) is 22.7. The van der Waals surface area contributed by atoms with Gasteiger partial charge in [0.05, 0.1) is 28.4 Å². The van der Waals surface area contributed by atoms with E-state index in [9.17, 15) is 0 Å². The summed E-state index contributed by atoms with van der Waals surface area (Å²) in [4.78, 5) is 2.72. The Bertz CT molecular complexity index is 1060. The number of benzene rings is 2. The molecule has 0 aromatic heterocycles. The van der Waals surface area contributed by atoms with Crippen molar-refractivity contribution in [3.05, 3.63) is 46.5 Å². The summed E-state index contributed by atoms with van der Waals surface area (Å²) in [5, 5.41) is 3.83. The largest absolute Gasteiger partial charge is 1.00 e. The number of methoxy groups -OCH3 is 4. The molecule has 8 heteroatoms. The molecule has 1 saturated heterocycles. The van der Waals surface area contributed by atoms with E-state index in [4.69, 9.17) is 18.9 Å². The Hall–Kier alpha value is -2.19. The number of piperidine rings is 1. The first-order chi connectivity index (χ1) is 17.1. The van der Waals surface area contributed by atoms with E-state index in [1.54, 1.807) is 28.4 Å². The van der Waals surface area contributed by atoms with Crippen molar-refractivity contribution in [2.45, 2.75) is 51.1 Å². The van der Waals surface area contributed by atoms with Crippen molar-refractivity contribution >= 4 is 0 Å². The van der Waals surface area contributed by atoms with Gasteiger partial charge in [-0.15, -0.1) is 0 Å². The monoisotopic (exact) mass is 533 g/mol. The minimum atomic E-state index is 0. The number of halogens is 1. The first kappa shape index (κ1) is 29.4. The van der Waals surface area contributed by atoms with Crippen molar-refractivity contribution in [2.24, 2.45) is 11.8 Å². The van der Waals surface area contributed by atoms with E-state index in [-0.39, 0.29) is 17.9 Å². The smallest absolute Gasteiger partial charge is 0.161 e. The van der Waals surface area contributed by atoms with Crippen LogP contribution in [-0.4, -0.2) is 58.4 Å². The summed E-state index contributed by atoms with van der Waals surface area (Å²) in [6.07, 6.45) is 5.65. The molecule has 0 radical (unpaired) electrons. The zero-order valence-corrected chi connectivity index (χ0v) is 23.5. The molecule has 1 fully saturated rings. The van der Waals surface area contributed by atoms with E-state index in [1.807, 2.05) is 0 Å². The normalized spacial score (nSPS) is 24.4. The second kappa shape index (κ2) is 12.6. The van der Waals surface area contributed by atoms with Gasteiger partial charge in [0.1, 0.15) is 0 Å². The number of nitrogens with one attached hydrogen (secondary N) is 1. The van der Waals surface area contributed by atoms with Crippen LogP contribution in [0.2, 0.25) is 0 Å². The van der Waals surface area contributed by atoms with Crippen molar-refractivity contribution in [3.63, 3.8) is 0 Å². The summed E-state index contributed by atoms with van der Waals surface area (Å²) in [6.45, 7) is 5.66. The first-order valence-corrected chi connectivity index (χ1v) is 13.1. The molecule has 5 rings (SSSR count). The molecule has 0 saturated carbocycles. The Balaban J connectivity index is 0.00000190. The number of fused-ring (bicyclic) bond motifs is 4. The highest BCUT2D eigenvalue weighted by Crippen LogP contribution is 2.48. The molecule has 206 valence electrons. The van der Waals surface area contributed by atoms with E-state index in [2.05, 4.69) is 41.4 Å². The van der Waals surface area contributed by atoms with Gasteiger partial charge >= 0.3 is 0 Å². The molecule has 2 aromatic carbocycles. The van der Waals surface area contributed by atoms with Crippen LogP contribution in [0.15, 0.2) is 24.3 Å². The number of hydrogen-bond donors (Lipinski definition) is 1. The molecule has 3 aliphatic rings. The predicted octanol–water partition coefficient (Wildman–Crippen LogP) is 1.12. The van der Waals surface area contributed by atoms with Crippen molar-refractivity contribution in [3.8, 4) is 23.0 Å². The Kier molecular flexibility index (Phi) is 9.98. The summed E-state index contributed by atoms with van der Waals surface area (Å²) in [7, 11) is 6.90. The predicted molar refractivity (Wildman–Crippen MR) is 142 cm³/mol. The molecule has 3 aliphatic heterocycles. The molecule has 0 amide bonds. The topological polar surface area (TPSA) is 83.7 Å². The lowest BCUT2D eigenvalue weighted by Gasteiger charge is -2.48. The van der Waals surface area contributed by atoms with Crippen LogP contribution in [0.5, 0.6) is 23.0 Å². The average Bonchev–Trinajstić information content (AvgIpc) is 2.91. The molecule has 3 N–H and O–H groups in total. The lowest BCUT2D eigenvalue weighted by atomic mass is 9.72. The van der Waals surface area contributed by atoms with Gasteiger partial charge in [0.2, 0.25) is 0 Å². The minimum Gasteiger partial charge on any atom is -1.00 e. The third kappa shape index (κ3) is 5.51. The summed E-state index contributed by atoms with van der Waals surface area (Å²) >= 11 is 0. The Morgan fingerprint density at radius 2 is 1.38 bits per heavy atom. The van der Waals surface area contributed by atoms with E-state index in [0.717, 1.165) is 55.4 Å². The highest BCUT2D eigenvalue weighted by Gasteiger charge is 2.40. The quantitative estimate of drug-likeness (QED) is 0.574. The number of hydrogen-bond acceptors (Lipinski definition) is 6. The Morgan fingerprint density at radius 1 is 0.811 bits per heavy atom. The van der Waals surface area contributed by atoms with Crippen LogP contribution in [0.4, 0.5) is 0 Å². The van der Waals surface area contributed by atoms with Gasteiger partial charge in [-0.25, -0.2) is 0 Å². The number of ether oxygens (including phenoxy) is 4. The van der Waals surface area contributed by atoms with Crippen molar-refractivity contribution in [1.29, 1.82) is 0 Å². The summed E-state index contributed by atoms with van der Waals surface area (Å²) in [5.41, 5.74) is 5.60. The fourth-order valence-electron chi connectivity index (χ4n) is 6.74. The zero-order chi connectivity index (χ0) is 24.5. The SMILES string of the molecule is CC[C@H]1CN2CCc3cc(OC)c(OC)cc3C2C[C@@H]1C[C@H]1NCCc2cc(OC)c(OC)cc21.O.[Cl-]. The highest BCUT2D eigenvalue weighted by atomic mass is 35.5.